The summed E-state index contributed by atoms with van der Waals surface area (Å²) in [6.07, 6.45) is 6.65. The molecule has 1 N–H and O–H groups in total. The molecule has 0 radical (unpaired) electrons. The molecule has 1 aromatic carbocycles. The molecule has 3 aromatic rings. The smallest absolute Gasteiger partial charge is 0.257 e. The van der Waals surface area contributed by atoms with Gasteiger partial charge in [-0.25, -0.2) is 4.98 Å². The summed E-state index contributed by atoms with van der Waals surface area (Å²) < 4.78 is 7.36. The Morgan fingerprint density at radius 1 is 1.16 bits per heavy atom. The van der Waals surface area contributed by atoms with Crippen LogP contribution in [-0.2, 0) is 4.79 Å². The normalized spacial score (nSPS) is 14.3. The summed E-state index contributed by atoms with van der Waals surface area (Å²) in [5, 5.41) is 3.33. The van der Waals surface area contributed by atoms with Crippen LogP contribution in [0.4, 0.5) is 5.82 Å². The van der Waals surface area contributed by atoms with Crippen LogP contribution in [0.5, 0.6) is 5.75 Å². The molecule has 2 aromatic heterocycles. The molecule has 0 aliphatic carbocycles. The summed E-state index contributed by atoms with van der Waals surface area (Å²) >= 11 is 6.48. The Balaban J connectivity index is 1.42. The van der Waals surface area contributed by atoms with Gasteiger partial charge in [0.2, 0.25) is 5.91 Å². The third-order valence-electron chi connectivity index (χ3n) is 5.70. The average Bonchev–Trinajstić information content (AvgIpc) is 3.34. The number of nitrogens with zero attached hydrogens (tertiary/aromatic N) is 3. The molecule has 1 aliphatic rings. The highest BCUT2D eigenvalue weighted by molar-refractivity contribution is 6.33. The van der Waals surface area contributed by atoms with Crippen molar-refractivity contribution in [3.63, 3.8) is 0 Å². The molecule has 2 amide bonds. The number of aromatic nitrogens is 2. The van der Waals surface area contributed by atoms with Crippen molar-refractivity contribution in [3.05, 3.63) is 71.1 Å². The molecule has 1 fully saturated rings. The van der Waals surface area contributed by atoms with Gasteiger partial charge in [0.05, 0.1) is 23.4 Å². The molecule has 0 bridgehead atoms. The molecule has 8 heteroatoms. The van der Waals surface area contributed by atoms with E-state index in [9.17, 15) is 9.59 Å². The number of ether oxygens (including phenoxy) is 1. The Morgan fingerprint density at radius 3 is 2.50 bits per heavy atom. The van der Waals surface area contributed by atoms with Gasteiger partial charge in [-0.05, 0) is 49.6 Å². The van der Waals surface area contributed by atoms with Crippen LogP contribution in [-0.4, -0.2) is 46.5 Å². The van der Waals surface area contributed by atoms with Gasteiger partial charge in [0, 0.05) is 43.7 Å². The van der Waals surface area contributed by atoms with Gasteiger partial charge in [0.25, 0.3) is 5.91 Å². The van der Waals surface area contributed by atoms with Gasteiger partial charge < -0.3 is 19.5 Å². The number of hydrogen-bond acceptors (Lipinski definition) is 4. The summed E-state index contributed by atoms with van der Waals surface area (Å²) in [6, 6.07) is 10.9. The van der Waals surface area contributed by atoms with Crippen molar-refractivity contribution in [2.75, 3.05) is 25.5 Å². The zero-order valence-electron chi connectivity index (χ0n) is 18.0. The number of halogens is 1. The molecule has 1 saturated heterocycles. The van der Waals surface area contributed by atoms with E-state index in [4.69, 9.17) is 16.3 Å². The Hall–Kier alpha value is -3.32. The molecular formula is C24H25ClN4O3. The molecule has 4 rings (SSSR count). The molecular weight excluding hydrogens is 428 g/mol. The minimum atomic E-state index is -0.163. The van der Waals surface area contributed by atoms with Gasteiger partial charge in [-0.3, -0.25) is 9.59 Å². The number of carbonyl (C=O) groups excluding carboxylic acids is 2. The highest BCUT2D eigenvalue weighted by Crippen LogP contribution is 2.32. The molecule has 0 spiro atoms. The van der Waals surface area contributed by atoms with Crippen LogP contribution in [0, 0.1) is 12.8 Å². The van der Waals surface area contributed by atoms with Crippen LogP contribution in [0.2, 0.25) is 5.02 Å². The number of hydrogen-bond donors (Lipinski definition) is 1. The number of nitrogens with one attached hydrogen (secondary N) is 1. The largest absolute Gasteiger partial charge is 0.496 e. The van der Waals surface area contributed by atoms with E-state index < -0.39 is 0 Å². The highest BCUT2D eigenvalue weighted by Gasteiger charge is 2.29. The second-order valence-corrected chi connectivity index (χ2v) is 8.28. The Bertz CT molecular complexity index is 1110. The zero-order valence-corrected chi connectivity index (χ0v) is 18.8. The van der Waals surface area contributed by atoms with Gasteiger partial charge >= 0.3 is 0 Å². The summed E-state index contributed by atoms with van der Waals surface area (Å²) in [4.78, 5) is 31.8. The molecule has 0 atom stereocenters. The van der Waals surface area contributed by atoms with Gasteiger partial charge in [0.1, 0.15) is 11.6 Å². The maximum absolute atomic E-state index is 13.2. The van der Waals surface area contributed by atoms with E-state index in [1.807, 2.05) is 42.1 Å². The number of pyridine rings is 1. The number of methoxy groups -OCH3 is 1. The van der Waals surface area contributed by atoms with E-state index in [0.717, 1.165) is 11.3 Å². The fraction of sp³-hybridized carbons (Fsp3) is 0.292. The molecule has 1 aliphatic heterocycles. The number of likely N-dealkylation sites (tertiary alicyclic amines) is 1. The van der Waals surface area contributed by atoms with Crippen LogP contribution < -0.4 is 10.1 Å². The fourth-order valence-electron chi connectivity index (χ4n) is 3.86. The Labute approximate surface area is 192 Å². The van der Waals surface area contributed by atoms with Crippen molar-refractivity contribution in [1.82, 2.24) is 14.5 Å². The van der Waals surface area contributed by atoms with Crippen molar-refractivity contribution >= 4 is 29.2 Å². The standard InChI is InChI=1S/C24H25ClN4O3/c1-16-5-6-22(26-15-16)27-23(30)17-7-11-29(12-8-17)24(31)18-13-19(25)20(14-21(18)32-2)28-9-3-4-10-28/h3-6,9-10,13-15,17H,7-8,11-12H2,1-2H3,(H,26,27,30). The molecule has 0 saturated carbocycles. The second-order valence-electron chi connectivity index (χ2n) is 7.87. The monoisotopic (exact) mass is 452 g/mol. The van der Waals surface area contributed by atoms with Crippen molar-refractivity contribution in [3.8, 4) is 11.4 Å². The first-order chi connectivity index (χ1) is 15.5. The number of benzene rings is 1. The van der Waals surface area contributed by atoms with E-state index in [-0.39, 0.29) is 17.7 Å². The van der Waals surface area contributed by atoms with Crippen LogP contribution in [0.3, 0.4) is 0 Å². The van der Waals surface area contributed by atoms with E-state index in [1.165, 1.54) is 7.11 Å². The van der Waals surface area contributed by atoms with Crippen LogP contribution in [0.25, 0.3) is 5.69 Å². The van der Waals surface area contributed by atoms with Gasteiger partial charge in [-0.15, -0.1) is 0 Å². The number of amides is 2. The number of piperidine rings is 1. The van der Waals surface area contributed by atoms with Gasteiger partial charge in [-0.1, -0.05) is 17.7 Å². The van der Waals surface area contributed by atoms with Gasteiger partial charge in [0.15, 0.2) is 0 Å². The Morgan fingerprint density at radius 2 is 1.88 bits per heavy atom. The molecule has 0 unspecified atom stereocenters. The first kappa shape index (κ1) is 21.9. The SMILES string of the molecule is COc1cc(-n2cccc2)c(Cl)cc1C(=O)N1CCC(C(=O)Nc2ccc(C)cn2)CC1. The first-order valence-corrected chi connectivity index (χ1v) is 10.9. The van der Waals surface area contributed by atoms with Crippen LogP contribution >= 0.6 is 11.6 Å². The number of aryl methyl sites for hydroxylation is 1. The third-order valence-corrected chi connectivity index (χ3v) is 6.00. The maximum atomic E-state index is 13.2. The lowest BCUT2D eigenvalue weighted by Crippen LogP contribution is -2.41. The predicted molar refractivity (Wildman–Crippen MR) is 124 cm³/mol. The van der Waals surface area contributed by atoms with Crippen LogP contribution in [0.15, 0.2) is 55.0 Å². The highest BCUT2D eigenvalue weighted by atomic mass is 35.5. The fourth-order valence-corrected chi connectivity index (χ4v) is 4.12. The van der Waals surface area contributed by atoms with E-state index >= 15 is 0 Å². The molecule has 32 heavy (non-hydrogen) atoms. The van der Waals surface area contributed by atoms with Gasteiger partial charge in [-0.2, -0.15) is 0 Å². The predicted octanol–water partition coefficient (Wildman–Crippen LogP) is 4.33. The van der Waals surface area contributed by atoms with Crippen molar-refractivity contribution in [2.45, 2.75) is 19.8 Å². The molecule has 3 heterocycles. The van der Waals surface area contributed by atoms with E-state index in [2.05, 4.69) is 10.3 Å². The number of carbonyl (C=O) groups is 2. The molecule has 7 nitrogen and oxygen atoms in total. The summed E-state index contributed by atoms with van der Waals surface area (Å²) in [5.41, 5.74) is 2.19. The lowest BCUT2D eigenvalue weighted by atomic mass is 9.95. The minimum Gasteiger partial charge on any atom is -0.496 e. The maximum Gasteiger partial charge on any atom is 0.257 e. The minimum absolute atomic E-state index is 0.0647. The van der Waals surface area contributed by atoms with Crippen molar-refractivity contribution in [1.29, 1.82) is 0 Å². The Kier molecular flexibility index (Phi) is 6.46. The quantitative estimate of drug-likeness (QED) is 0.625. The summed E-state index contributed by atoms with van der Waals surface area (Å²) in [6.45, 7) is 2.91. The molecule has 166 valence electrons. The lowest BCUT2D eigenvalue weighted by Gasteiger charge is -2.31. The van der Waals surface area contributed by atoms with E-state index in [1.54, 1.807) is 29.3 Å². The zero-order chi connectivity index (χ0) is 22.7. The van der Waals surface area contributed by atoms with Crippen LogP contribution in [0.1, 0.15) is 28.8 Å². The second kappa shape index (κ2) is 9.44. The third kappa shape index (κ3) is 4.62. The van der Waals surface area contributed by atoms with Crippen molar-refractivity contribution < 1.29 is 14.3 Å². The number of anilines is 1. The van der Waals surface area contributed by atoms with E-state index in [0.29, 0.717) is 48.1 Å². The summed E-state index contributed by atoms with van der Waals surface area (Å²) in [7, 11) is 1.54. The average molecular weight is 453 g/mol. The first-order valence-electron chi connectivity index (χ1n) is 10.5. The summed E-state index contributed by atoms with van der Waals surface area (Å²) in [5.74, 6) is 0.630. The number of rotatable bonds is 5. The topological polar surface area (TPSA) is 76.5 Å². The van der Waals surface area contributed by atoms with Crippen molar-refractivity contribution in [2.24, 2.45) is 5.92 Å². The lowest BCUT2D eigenvalue weighted by molar-refractivity contribution is -0.121.